The molecule has 0 aliphatic heterocycles. The molecule has 0 heterocycles. The van der Waals surface area contributed by atoms with Crippen molar-refractivity contribution in [3.05, 3.63) is 75.4 Å². The zero-order valence-electron chi connectivity index (χ0n) is 16.0. The van der Waals surface area contributed by atoms with Crippen LogP contribution < -0.4 is 5.11 Å². The number of halogens is 14. The van der Waals surface area contributed by atoms with Crippen LogP contribution in [0.1, 0.15) is 38.2 Å². The van der Waals surface area contributed by atoms with Crippen molar-refractivity contribution in [2.45, 2.75) is 24.7 Å². The van der Waals surface area contributed by atoms with Crippen LogP contribution in [0.4, 0.5) is 61.5 Å². The lowest BCUT2D eigenvalue weighted by molar-refractivity contribution is -0.244. The molecule has 0 aliphatic carbocycles. The molecule has 16 heteroatoms. The van der Waals surface area contributed by atoms with Crippen LogP contribution in [0, 0.1) is 11.6 Å². The van der Waals surface area contributed by atoms with E-state index in [0.717, 1.165) is 0 Å². The molecule has 35 heavy (non-hydrogen) atoms. The maximum Gasteiger partial charge on any atom is 0.419 e. The van der Waals surface area contributed by atoms with E-state index in [-0.39, 0.29) is 0 Å². The van der Waals surface area contributed by atoms with Gasteiger partial charge in [0.25, 0.3) is 0 Å². The first-order chi connectivity index (χ1) is 15.5. The molecule has 2 nitrogen and oxygen atoms in total. The fraction of sp³-hybridized carbons (Fsp3) is 0.211. The van der Waals surface area contributed by atoms with Gasteiger partial charge in [0.05, 0.1) is 27.8 Å². The van der Waals surface area contributed by atoms with E-state index in [1.165, 1.54) is 0 Å². The Morgan fingerprint density at radius 1 is 0.600 bits per heavy atom. The summed E-state index contributed by atoms with van der Waals surface area (Å²) in [5.41, 5.74) is -13.8. The molecule has 0 saturated carbocycles. The average molecular weight is 531 g/mol. The van der Waals surface area contributed by atoms with Gasteiger partial charge >= 0.3 is 24.7 Å². The molecule has 2 aromatic carbocycles. The summed E-state index contributed by atoms with van der Waals surface area (Å²) in [6.07, 6.45) is -23.4. The molecule has 0 bridgehead atoms. The lowest BCUT2D eigenvalue weighted by Gasteiger charge is -2.20. The SMILES string of the molecule is O=C(/C=C(\[O-])c1cc(C(F)(F)F)cc(C(F)(F)F)c1F)c1cc(C(F)(F)F)cc(C(F)(F)F)c1F. The normalized spacial score (nSPS) is 13.8. The van der Waals surface area contributed by atoms with Crippen molar-refractivity contribution in [2.75, 3.05) is 0 Å². The van der Waals surface area contributed by atoms with Crippen LogP contribution in [-0.2, 0) is 24.7 Å². The lowest BCUT2D eigenvalue weighted by atomic mass is 9.98. The summed E-state index contributed by atoms with van der Waals surface area (Å²) in [4.78, 5) is 12.1. The maximum atomic E-state index is 14.1. The monoisotopic (exact) mass is 531 g/mol. The zero-order chi connectivity index (χ0) is 27.3. The van der Waals surface area contributed by atoms with Crippen LogP contribution in [0.15, 0.2) is 30.3 Å². The predicted octanol–water partition coefficient (Wildman–Crippen LogP) is 6.62. The zero-order valence-corrected chi connectivity index (χ0v) is 16.0. The Kier molecular flexibility index (Phi) is 6.95. The van der Waals surface area contributed by atoms with Gasteiger partial charge in [-0.3, -0.25) is 4.79 Å². The summed E-state index contributed by atoms with van der Waals surface area (Å²) < 4.78 is 183. The van der Waals surface area contributed by atoms with E-state index in [1.807, 2.05) is 0 Å². The number of carbonyl (C=O) groups is 1. The van der Waals surface area contributed by atoms with Crippen LogP contribution in [0.3, 0.4) is 0 Å². The number of hydrogen-bond acceptors (Lipinski definition) is 2. The van der Waals surface area contributed by atoms with E-state index in [2.05, 4.69) is 0 Å². The van der Waals surface area contributed by atoms with E-state index in [9.17, 15) is 71.4 Å². The van der Waals surface area contributed by atoms with E-state index < -0.39 is 112 Å². The Hall–Kier alpha value is -3.33. The van der Waals surface area contributed by atoms with Crippen LogP contribution in [0.2, 0.25) is 0 Å². The molecule has 0 unspecified atom stereocenters. The molecule has 192 valence electrons. The molecule has 0 spiro atoms. The van der Waals surface area contributed by atoms with E-state index in [0.29, 0.717) is 0 Å². The van der Waals surface area contributed by atoms with Crippen LogP contribution in [0.5, 0.6) is 0 Å². The Morgan fingerprint density at radius 3 is 1.29 bits per heavy atom. The molecule has 0 amide bonds. The third-order valence-corrected chi connectivity index (χ3v) is 4.20. The number of alkyl halides is 12. The summed E-state index contributed by atoms with van der Waals surface area (Å²) in [6.45, 7) is 0. The summed E-state index contributed by atoms with van der Waals surface area (Å²) in [7, 11) is 0. The third-order valence-electron chi connectivity index (χ3n) is 4.20. The van der Waals surface area contributed by atoms with Gasteiger partial charge in [0.15, 0.2) is 5.78 Å². The summed E-state index contributed by atoms with van der Waals surface area (Å²) in [5.74, 6) is -9.90. The minimum Gasteiger partial charge on any atom is -0.872 e. The largest absolute Gasteiger partial charge is 0.872 e. The van der Waals surface area contributed by atoms with E-state index in [4.69, 9.17) is 0 Å². The highest BCUT2D eigenvalue weighted by molar-refractivity contribution is 6.08. The van der Waals surface area contributed by atoms with E-state index in [1.54, 1.807) is 0 Å². The van der Waals surface area contributed by atoms with Gasteiger partial charge in [0.2, 0.25) is 0 Å². The molecule has 0 aliphatic rings. The molecule has 2 rings (SSSR count). The van der Waals surface area contributed by atoms with Crippen molar-refractivity contribution >= 4 is 11.5 Å². The van der Waals surface area contributed by atoms with Crippen molar-refractivity contribution in [1.82, 2.24) is 0 Å². The Balaban J connectivity index is 2.76. The van der Waals surface area contributed by atoms with Gasteiger partial charge in [-0.2, -0.15) is 52.7 Å². The van der Waals surface area contributed by atoms with Crippen molar-refractivity contribution < 1.29 is 71.4 Å². The number of hydrogen-bond donors (Lipinski definition) is 0. The number of ketones is 1. The predicted molar refractivity (Wildman–Crippen MR) is 85.1 cm³/mol. The second kappa shape index (κ2) is 8.71. The molecular formula is C19H5F14O2-. The van der Waals surface area contributed by atoms with E-state index >= 15 is 0 Å². The minimum absolute atomic E-state index is 0.472. The smallest absolute Gasteiger partial charge is 0.419 e. The number of allylic oxidation sites excluding steroid dienone is 1. The molecule has 0 atom stereocenters. The van der Waals surface area contributed by atoms with Gasteiger partial charge in [0.1, 0.15) is 11.6 Å². The molecule has 2 aromatic rings. The first-order valence-corrected chi connectivity index (χ1v) is 8.44. The molecule has 0 fully saturated rings. The second-order valence-electron chi connectivity index (χ2n) is 6.63. The van der Waals surface area contributed by atoms with Crippen LogP contribution in [0.25, 0.3) is 5.76 Å². The van der Waals surface area contributed by atoms with Crippen molar-refractivity contribution in [2.24, 2.45) is 0 Å². The first kappa shape index (κ1) is 27.9. The summed E-state index contributed by atoms with van der Waals surface area (Å²) in [5, 5.41) is 12.1. The Bertz CT molecular complexity index is 1180. The van der Waals surface area contributed by atoms with Crippen molar-refractivity contribution in [1.29, 1.82) is 0 Å². The Labute approximate surface area is 184 Å². The Morgan fingerprint density at radius 2 is 0.943 bits per heavy atom. The van der Waals surface area contributed by atoms with Gasteiger partial charge in [0, 0.05) is 5.56 Å². The minimum atomic E-state index is -5.79. The molecule has 0 radical (unpaired) electrons. The lowest BCUT2D eigenvalue weighted by Crippen LogP contribution is -2.18. The quantitative estimate of drug-likeness (QED) is 0.193. The summed E-state index contributed by atoms with van der Waals surface area (Å²) >= 11 is 0. The molecular weight excluding hydrogens is 526 g/mol. The summed E-state index contributed by atoms with van der Waals surface area (Å²) in [6, 6.07) is -2.37. The van der Waals surface area contributed by atoms with Gasteiger partial charge in [-0.1, -0.05) is 5.76 Å². The number of rotatable bonds is 3. The third kappa shape index (κ3) is 6.03. The standard InChI is InChI=1S/C19H6F14O2/c20-14-8(1-6(16(22,23)24)3-10(14)18(28,29)30)12(34)5-13(35)9-2-7(17(25,26)27)4-11(15(9)21)19(31,32)33/h1-5,34H/p-1/b12-5-. The fourth-order valence-electron chi connectivity index (χ4n) is 2.62. The van der Waals surface area contributed by atoms with Gasteiger partial charge in [-0.05, 0) is 30.3 Å². The van der Waals surface area contributed by atoms with Crippen molar-refractivity contribution in [3.8, 4) is 0 Å². The average Bonchev–Trinajstić information content (AvgIpc) is 2.64. The fourth-order valence-corrected chi connectivity index (χ4v) is 2.62. The number of benzene rings is 2. The highest BCUT2D eigenvalue weighted by atomic mass is 19.4. The molecule has 0 saturated heterocycles. The highest BCUT2D eigenvalue weighted by Gasteiger charge is 2.42. The number of carbonyl (C=O) groups excluding carboxylic acids is 1. The second-order valence-corrected chi connectivity index (χ2v) is 6.63. The topological polar surface area (TPSA) is 40.1 Å². The van der Waals surface area contributed by atoms with Gasteiger partial charge < -0.3 is 5.11 Å². The van der Waals surface area contributed by atoms with Crippen LogP contribution in [-0.4, -0.2) is 5.78 Å². The maximum absolute atomic E-state index is 14.1. The van der Waals surface area contributed by atoms with Gasteiger partial charge in [-0.25, -0.2) is 8.78 Å². The van der Waals surface area contributed by atoms with Gasteiger partial charge in [-0.15, -0.1) is 0 Å². The molecule has 0 N–H and O–H groups in total. The van der Waals surface area contributed by atoms with Crippen molar-refractivity contribution in [3.63, 3.8) is 0 Å². The highest BCUT2D eigenvalue weighted by Crippen LogP contribution is 2.40. The first-order valence-electron chi connectivity index (χ1n) is 8.44. The molecule has 0 aromatic heterocycles. The van der Waals surface area contributed by atoms with Crippen LogP contribution >= 0.6 is 0 Å².